The number of benzene rings is 2. The lowest BCUT2D eigenvalue weighted by Crippen LogP contribution is -2.41. The van der Waals surface area contributed by atoms with Gasteiger partial charge in [-0.2, -0.15) is 0 Å². The maximum Gasteiger partial charge on any atom is 0.340 e. The van der Waals surface area contributed by atoms with E-state index in [1.807, 2.05) is 5.32 Å². The normalized spacial score (nSPS) is 10.0. The highest BCUT2D eigenvalue weighted by Gasteiger charge is 2.19. The fourth-order valence-corrected chi connectivity index (χ4v) is 2.60. The lowest BCUT2D eigenvalue weighted by molar-refractivity contribution is -0.384. The first-order valence-corrected chi connectivity index (χ1v) is 9.19. The molecule has 0 unspecified atom stereocenters. The summed E-state index contributed by atoms with van der Waals surface area (Å²) in [6, 6.07) is 8.45. The van der Waals surface area contributed by atoms with Crippen LogP contribution in [0.4, 0.5) is 16.2 Å². The molecule has 0 bridgehead atoms. The summed E-state index contributed by atoms with van der Waals surface area (Å²) in [5.74, 6) is -2.47. The highest BCUT2D eigenvalue weighted by molar-refractivity contribution is 6.34. The molecule has 4 amide bonds. The van der Waals surface area contributed by atoms with Crippen molar-refractivity contribution in [1.82, 2.24) is 10.6 Å². The number of carbonyl (C=O) groups excluding carboxylic acids is 4. The van der Waals surface area contributed by atoms with Crippen molar-refractivity contribution in [3.05, 3.63) is 68.7 Å². The van der Waals surface area contributed by atoms with Crippen molar-refractivity contribution >= 4 is 46.8 Å². The summed E-state index contributed by atoms with van der Waals surface area (Å²) in [7, 11) is 0. The lowest BCUT2D eigenvalue weighted by atomic mass is 10.1. The molecule has 0 saturated heterocycles. The van der Waals surface area contributed by atoms with E-state index < -0.39 is 35.3 Å². The molecule has 12 heteroatoms. The summed E-state index contributed by atoms with van der Waals surface area (Å²) in [6.07, 6.45) is 0. The Bertz CT molecular complexity index is 1040. The number of nitrogens with one attached hydrogen (secondary N) is 3. The monoisotopic (exact) mass is 448 g/mol. The van der Waals surface area contributed by atoms with Crippen molar-refractivity contribution in [2.45, 2.75) is 6.92 Å². The minimum atomic E-state index is -0.920. The van der Waals surface area contributed by atoms with Crippen LogP contribution < -0.4 is 16.0 Å². The summed E-state index contributed by atoms with van der Waals surface area (Å²) < 4.78 is 4.88. The van der Waals surface area contributed by atoms with Crippen molar-refractivity contribution < 1.29 is 28.8 Å². The quantitative estimate of drug-likeness (QED) is 0.333. The van der Waals surface area contributed by atoms with Crippen molar-refractivity contribution in [3.63, 3.8) is 0 Å². The summed E-state index contributed by atoms with van der Waals surface area (Å²) in [5.41, 5.74) is -0.316. The minimum absolute atomic E-state index is 0.0447. The molecule has 2 rings (SSSR count). The summed E-state index contributed by atoms with van der Waals surface area (Å²) in [6.45, 7) is 1.26. The molecule has 11 nitrogen and oxygen atoms in total. The number of ether oxygens (including phenoxy) is 1. The van der Waals surface area contributed by atoms with Gasteiger partial charge in [-0.25, -0.2) is 9.59 Å². The third-order valence-corrected chi connectivity index (χ3v) is 4.04. The first kappa shape index (κ1) is 23.3. The Labute approximate surface area is 180 Å². The number of hydrogen-bond donors (Lipinski definition) is 3. The Morgan fingerprint density at radius 1 is 1.10 bits per heavy atom. The van der Waals surface area contributed by atoms with Crippen molar-refractivity contribution in [3.8, 4) is 0 Å². The maximum absolute atomic E-state index is 12.5. The molecule has 0 aromatic heterocycles. The standard InChI is InChI=1S/C19H17ClN4O7/c1-2-21-19(28)23-16(25)10-31-18(27)13-5-3-4-6-15(13)22-17(26)12-8-7-11(24(29)30)9-14(12)20/h3-9H,2,10H2,1H3,(H,22,26)(H2,21,23,25,28). The van der Waals surface area contributed by atoms with Crippen molar-refractivity contribution in [2.75, 3.05) is 18.5 Å². The number of esters is 1. The van der Waals surface area contributed by atoms with E-state index in [0.29, 0.717) is 6.54 Å². The molecule has 2 aromatic rings. The maximum atomic E-state index is 12.5. The fraction of sp³-hybridized carbons (Fsp3) is 0.158. The highest BCUT2D eigenvalue weighted by Crippen LogP contribution is 2.24. The molecule has 0 heterocycles. The molecule has 0 atom stereocenters. The Hall–Kier alpha value is -3.99. The number of carbonyl (C=O) groups is 4. The zero-order valence-electron chi connectivity index (χ0n) is 16.1. The third-order valence-electron chi connectivity index (χ3n) is 3.73. The molecule has 0 fully saturated rings. The highest BCUT2D eigenvalue weighted by atomic mass is 35.5. The second-order valence-electron chi connectivity index (χ2n) is 5.90. The van der Waals surface area contributed by atoms with E-state index in [-0.39, 0.29) is 27.5 Å². The van der Waals surface area contributed by atoms with Crippen LogP contribution in [0.3, 0.4) is 0 Å². The predicted octanol–water partition coefficient (Wildman–Crippen LogP) is 2.50. The van der Waals surface area contributed by atoms with Crippen LogP contribution in [0.15, 0.2) is 42.5 Å². The van der Waals surface area contributed by atoms with E-state index in [9.17, 15) is 29.3 Å². The average Bonchev–Trinajstić information content (AvgIpc) is 2.72. The molecule has 0 radical (unpaired) electrons. The molecule has 0 aliphatic heterocycles. The van der Waals surface area contributed by atoms with Crippen LogP contribution in [-0.2, 0) is 9.53 Å². The fourth-order valence-electron chi connectivity index (χ4n) is 2.34. The van der Waals surface area contributed by atoms with Gasteiger partial charge in [0.05, 0.1) is 26.8 Å². The number of hydrogen-bond acceptors (Lipinski definition) is 7. The van der Waals surface area contributed by atoms with Gasteiger partial charge < -0.3 is 15.4 Å². The average molecular weight is 449 g/mol. The first-order chi connectivity index (χ1) is 14.7. The van der Waals surface area contributed by atoms with Gasteiger partial charge in [0.25, 0.3) is 17.5 Å². The predicted molar refractivity (Wildman–Crippen MR) is 110 cm³/mol. The van der Waals surface area contributed by atoms with E-state index in [0.717, 1.165) is 12.1 Å². The van der Waals surface area contributed by atoms with Gasteiger partial charge in [-0.05, 0) is 25.1 Å². The zero-order valence-corrected chi connectivity index (χ0v) is 16.9. The van der Waals surface area contributed by atoms with Gasteiger partial charge in [-0.3, -0.25) is 25.0 Å². The number of imide groups is 1. The Balaban J connectivity index is 2.09. The van der Waals surface area contributed by atoms with Crippen molar-refractivity contribution in [2.24, 2.45) is 0 Å². The molecule has 31 heavy (non-hydrogen) atoms. The number of urea groups is 1. The van der Waals surface area contributed by atoms with Crippen molar-refractivity contribution in [1.29, 1.82) is 0 Å². The molecule has 162 valence electrons. The number of amides is 4. The smallest absolute Gasteiger partial charge is 0.340 e. The number of nitro groups is 1. The van der Waals surface area contributed by atoms with Gasteiger partial charge in [-0.15, -0.1) is 0 Å². The third kappa shape index (κ3) is 6.51. The molecule has 0 aliphatic rings. The summed E-state index contributed by atoms with van der Waals surface area (Å²) >= 11 is 5.95. The van der Waals surface area contributed by atoms with Gasteiger partial charge in [-0.1, -0.05) is 23.7 Å². The van der Waals surface area contributed by atoms with Crippen LogP contribution in [0.25, 0.3) is 0 Å². The Kier molecular flexibility index (Phi) is 8.03. The van der Waals surface area contributed by atoms with Crippen LogP contribution in [0.5, 0.6) is 0 Å². The largest absolute Gasteiger partial charge is 0.452 e. The van der Waals surface area contributed by atoms with Gasteiger partial charge >= 0.3 is 12.0 Å². The summed E-state index contributed by atoms with van der Waals surface area (Å²) in [4.78, 5) is 57.9. The minimum Gasteiger partial charge on any atom is -0.452 e. The SMILES string of the molecule is CCNC(=O)NC(=O)COC(=O)c1ccccc1NC(=O)c1ccc([N+](=O)[O-])cc1Cl. The second kappa shape index (κ2) is 10.7. The number of anilines is 1. The lowest BCUT2D eigenvalue weighted by Gasteiger charge is -2.11. The number of nitro benzene ring substituents is 1. The van der Waals surface area contributed by atoms with Gasteiger partial charge in [0.2, 0.25) is 0 Å². The van der Waals surface area contributed by atoms with Crippen LogP contribution in [-0.4, -0.2) is 41.9 Å². The van der Waals surface area contributed by atoms with E-state index in [1.54, 1.807) is 13.0 Å². The van der Waals surface area contributed by atoms with Gasteiger partial charge in [0.15, 0.2) is 6.61 Å². The number of nitrogens with zero attached hydrogens (tertiary/aromatic N) is 1. The van der Waals surface area contributed by atoms with E-state index in [2.05, 4.69) is 10.6 Å². The Morgan fingerprint density at radius 3 is 2.45 bits per heavy atom. The van der Waals surface area contributed by atoms with Crippen LogP contribution >= 0.6 is 11.6 Å². The van der Waals surface area contributed by atoms with Crippen LogP contribution in [0, 0.1) is 10.1 Å². The molecular formula is C19H17ClN4O7. The molecule has 3 N–H and O–H groups in total. The Morgan fingerprint density at radius 2 is 1.81 bits per heavy atom. The van der Waals surface area contributed by atoms with Gasteiger partial charge in [0.1, 0.15) is 0 Å². The number of rotatable bonds is 7. The van der Waals surface area contributed by atoms with E-state index in [4.69, 9.17) is 16.3 Å². The van der Waals surface area contributed by atoms with Gasteiger partial charge in [0, 0.05) is 18.7 Å². The van der Waals surface area contributed by atoms with Crippen LogP contribution in [0.1, 0.15) is 27.6 Å². The second-order valence-corrected chi connectivity index (χ2v) is 6.31. The zero-order chi connectivity index (χ0) is 23.0. The van der Waals surface area contributed by atoms with Crippen LogP contribution in [0.2, 0.25) is 5.02 Å². The number of halogens is 1. The molecule has 0 aliphatic carbocycles. The molecule has 2 aromatic carbocycles. The summed E-state index contributed by atoms with van der Waals surface area (Å²) in [5, 5.41) is 17.4. The number of para-hydroxylation sites is 1. The first-order valence-electron chi connectivity index (χ1n) is 8.82. The van der Waals surface area contributed by atoms with E-state index >= 15 is 0 Å². The topological polar surface area (TPSA) is 157 Å². The molecule has 0 saturated carbocycles. The number of non-ortho nitro benzene ring substituents is 1. The molecule has 0 spiro atoms. The van der Waals surface area contributed by atoms with E-state index in [1.165, 1.54) is 24.3 Å². The molecular weight excluding hydrogens is 432 g/mol.